The zero-order valence-corrected chi connectivity index (χ0v) is 15.0. The number of likely N-dealkylation sites (N-methyl/N-ethyl adjacent to an activating group) is 1. The van der Waals surface area contributed by atoms with Crippen molar-refractivity contribution in [3.63, 3.8) is 0 Å². The van der Waals surface area contributed by atoms with Crippen LogP contribution >= 0.6 is 0 Å². The summed E-state index contributed by atoms with van der Waals surface area (Å²) in [4.78, 5) is 32.2. The van der Waals surface area contributed by atoms with Crippen molar-refractivity contribution in [2.24, 2.45) is 0 Å². The first-order valence-corrected chi connectivity index (χ1v) is 8.64. The number of benzene rings is 1. The number of fused-ring (bicyclic) bond motifs is 1. The highest BCUT2D eigenvalue weighted by Gasteiger charge is 2.22. The molecule has 0 spiro atoms. The molecule has 7 heteroatoms. The molecular formula is C18H25N5O2. The van der Waals surface area contributed by atoms with E-state index in [0.29, 0.717) is 19.6 Å². The number of amides is 2. The average molecular weight is 343 g/mol. The van der Waals surface area contributed by atoms with Crippen molar-refractivity contribution < 1.29 is 9.59 Å². The van der Waals surface area contributed by atoms with Gasteiger partial charge in [0.05, 0.1) is 30.7 Å². The minimum absolute atomic E-state index is 0.0562. The Morgan fingerprint density at radius 1 is 1.28 bits per heavy atom. The van der Waals surface area contributed by atoms with Crippen LogP contribution in [0, 0.1) is 0 Å². The van der Waals surface area contributed by atoms with Gasteiger partial charge in [0.25, 0.3) is 0 Å². The number of imidazole rings is 1. The van der Waals surface area contributed by atoms with E-state index in [1.807, 2.05) is 29.2 Å². The van der Waals surface area contributed by atoms with Crippen LogP contribution in [0.4, 0.5) is 0 Å². The lowest BCUT2D eigenvalue weighted by Crippen LogP contribution is -2.51. The molecule has 0 aliphatic carbocycles. The summed E-state index contributed by atoms with van der Waals surface area (Å²) in [5.74, 6) is 0.819. The Kier molecular flexibility index (Phi) is 5.03. The Hall–Kier alpha value is -2.41. The van der Waals surface area contributed by atoms with Gasteiger partial charge in [0, 0.05) is 26.2 Å². The maximum Gasteiger partial charge on any atom is 0.236 e. The van der Waals surface area contributed by atoms with Gasteiger partial charge in [0.2, 0.25) is 11.8 Å². The summed E-state index contributed by atoms with van der Waals surface area (Å²) in [6.07, 6.45) is 0. The molecule has 0 unspecified atom stereocenters. The first-order valence-electron chi connectivity index (χ1n) is 8.64. The van der Waals surface area contributed by atoms with Gasteiger partial charge < -0.3 is 14.8 Å². The zero-order chi connectivity index (χ0) is 18.0. The van der Waals surface area contributed by atoms with E-state index in [2.05, 4.69) is 28.7 Å². The Balaban J connectivity index is 1.63. The van der Waals surface area contributed by atoms with Gasteiger partial charge in [-0.2, -0.15) is 0 Å². The Morgan fingerprint density at radius 2 is 2.04 bits per heavy atom. The molecule has 2 heterocycles. The van der Waals surface area contributed by atoms with Crippen LogP contribution in [0.2, 0.25) is 0 Å². The fraction of sp³-hybridized carbons (Fsp3) is 0.500. The van der Waals surface area contributed by atoms with E-state index >= 15 is 0 Å². The number of nitrogens with one attached hydrogen (secondary N) is 1. The minimum Gasteiger partial charge on any atom is -0.348 e. The zero-order valence-electron chi connectivity index (χ0n) is 15.0. The van der Waals surface area contributed by atoms with Crippen LogP contribution in [0.5, 0.6) is 0 Å². The molecule has 1 aromatic heterocycles. The molecule has 0 saturated carbocycles. The number of nitrogens with zero attached hydrogens (tertiary/aromatic N) is 4. The molecule has 2 aromatic rings. The van der Waals surface area contributed by atoms with Crippen LogP contribution < -0.4 is 5.32 Å². The summed E-state index contributed by atoms with van der Waals surface area (Å²) in [6.45, 7) is 6.52. The molecule has 0 bridgehead atoms. The van der Waals surface area contributed by atoms with Crippen LogP contribution in [-0.2, 0) is 16.1 Å². The van der Waals surface area contributed by atoms with Crippen molar-refractivity contribution >= 4 is 22.8 Å². The van der Waals surface area contributed by atoms with Crippen molar-refractivity contribution in [3.05, 3.63) is 30.1 Å². The third-order valence-corrected chi connectivity index (χ3v) is 4.53. The van der Waals surface area contributed by atoms with Crippen molar-refractivity contribution in [2.45, 2.75) is 26.4 Å². The van der Waals surface area contributed by atoms with E-state index in [1.54, 1.807) is 11.9 Å². The highest BCUT2D eigenvalue weighted by Crippen LogP contribution is 2.20. The van der Waals surface area contributed by atoms with Crippen LogP contribution in [0.1, 0.15) is 25.7 Å². The lowest BCUT2D eigenvalue weighted by atomic mass is 10.3. The van der Waals surface area contributed by atoms with Gasteiger partial charge in [0.1, 0.15) is 5.82 Å². The molecule has 3 rings (SSSR count). The van der Waals surface area contributed by atoms with Gasteiger partial charge >= 0.3 is 0 Å². The monoisotopic (exact) mass is 343 g/mol. The lowest BCUT2D eigenvalue weighted by molar-refractivity contribution is -0.135. The Labute approximate surface area is 147 Å². The van der Waals surface area contributed by atoms with E-state index in [9.17, 15) is 9.59 Å². The highest BCUT2D eigenvalue weighted by molar-refractivity contribution is 5.82. The minimum atomic E-state index is -0.0836. The van der Waals surface area contributed by atoms with Gasteiger partial charge in [-0.25, -0.2) is 4.98 Å². The van der Waals surface area contributed by atoms with E-state index < -0.39 is 0 Å². The largest absolute Gasteiger partial charge is 0.348 e. The predicted octanol–water partition coefficient (Wildman–Crippen LogP) is 1.01. The van der Waals surface area contributed by atoms with E-state index in [4.69, 9.17) is 0 Å². The van der Waals surface area contributed by atoms with Gasteiger partial charge in [-0.15, -0.1) is 0 Å². The molecular weight excluding hydrogens is 318 g/mol. The van der Waals surface area contributed by atoms with Crippen LogP contribution in [0.25, 0.3) is 11.0 Å². The molecule has 1 fully saturated rings. The fourth-order valence-corrected chi connectivity index (χ4v) is 3.17. The van der Waals surface area contributed by atoms with E-state index in [-0.39, 0.29) is 24.4 Å². The summed E-state index contributed by atoms with van der Waals surface area (Å²) < 4.78 is 2.15. The molecule has 7 nitrogen and oxygen atoms in total. The molecule has 2 amide bonds. The molecule has 25 heavy (non-hydrogen) atoms. The van der Waals surface area contributed by atoms with Crippen LogP contribution in [0.15, 0.2) is 24.3 Å². The number of carbonyl (C=O) groups excluding carboxylic acids is 2. The fourth-order valence-electron chi connectivity index (χ4n) is 3.17. The third-order valence-electron chi connectivity index (χ3n) is 4.53. The summed E-state index contributed by atoms with van der Waals surface area (Å²) in [5, 5.41) is 2.94. The first-order chi connectivity index (χ1) is 12.0. The van der Waals surface area contributed by atoms with Crippen molar-refractivity contribution in [3.8, 4) is 0 Å². The van der Waals surface area contributed by atoms with Gasteiger partial charge in [-0.1, -0.05) is 12.1 Å². The maximum absolute atomic E-state index is 12.3. The standard InChI is InChI=1S/C18H25N5O2/c1-13(2)23-15-7-5-4-6-14(15)20-16(23)10-19-17(24)11-22-9-8-21(3)18(25)12-22/h4-7,13H,8-12H2,1-3H3,(H,19,24). The summed E-state index contributed by atoms with van der Waals surface area (Å²) in [5.41, 5.74) is 2.01. The second kappa shape index (κ2) is 7.23. The second-order valence-corrected chi connectivity index (χ2v) is 6.78. The topological polar surface area (TPSA) is 70.5 Å². The number of carbonyl (C=O) groups is 2. The second-order valence-electron chi connectivity index (χ2n) is 6.78. The Bertz CT molecular complexity index is 783. The molecule has 134 valence electrons. The smallest absolute Gasteiger partial charge is 0.236 e. The number of para-hydroxylation sites is 2. The first kappa shape index (κ1) is 17.4. The van der Waals surface area contributed by atoms with E-state index in [1.165, 1.54) is 0 Å². The van der Waals surface area contributed by atoms with E-state index in [0.717, 1.165) is 23.4 Å². The maximum atomic E-state index is 12.3. The number of hydrogen-bond acceptors (Lipinski definition) is 4. The summed E-state index contributed by atoms with van der Waals surface area (Å²) in [7, 11) is 1.79. The molecule has 0 atom stereocenters. The van der Waals surface area contributed by atoms with Crippen LogP contribution in [0.3, 0.4) is 0 Å². The number of piperazine rings is 1. The Morgan fingerprint density at radius 3 is 2.76 bits per heavy atom. The molecule has 1 aromatic carbocycles. The number of rotatable bonds is 5. The number of hydrogen-bond donors (Lipinski definition) is 1. The highest BCUT2D eigenvalue weighted by atomic mass is 16.2. The third kappa shape index (κ3) is 3.82. The quantitative estimate of drug-likeness (QED) is 0.879. The molecule has 1 N–H and O–H groups in total. The van der Waals surface area contributed by atoms with Crippen molar-refractivity contribution in [1.29, 1.82) is 0 Å². The number of aromatic nitrogens is 2. The lowest BCUT2D eigenvalue weighted by Gasteiger charge is -2.31. The normalized spacial score (nSPS) is 16.0. The molecule has 1 aliphatic rings. The SMILES string of the molecule is CC(C)n1c(CNC(=O)CN2CCN(C)C(=O)C2)nc2ccccc21. The predicted molar refractivity (Wildman–Crippen MR) is 96.0 cm³/mol. The average Bonchev–Trinajstić information content (AvgIpc) is 2.95. The molecule has 0 radical (unpaired) electrons. The molecule has 1 aliphatic heterocycles. The molecule has 1 saturated heterocycles. The van der Waals surface area contributed by atoms with Crippen molar-refractivity contribution in [1.82, 2.24) is 24.7 Å². The van der Waals surface area contributed by atoms with Gasteiger partial charge in [-0.3, -0.25) is 14.5 Å². The van der Waals surface area contributed by atoms with Crippen LogP contribution in [-0.4, -0.2) is 64.4 Å². The summed E-state index contributed by atoms with van der Waals surface area (Å²) in [6, 6.07) is 8.25. The van der Waals surface area contributed by atoms with Gasteiger partial charge in [0.15, 0.2) is 0 Å². The van der Waals surface area contributed by atoms with Gasteiger partial charge in [-0.05, 0) is 26.0 Å². The van der Waals surface area contributed by atoms with Crippen molar-refractivity contribution in [2.75, 3.05) is 33.2 Å². The summed E-state index contributed by atoms with van der Waals surface area (Å²) >= 11 is 0.